The monoisotopic (exact) mass is 354 g/mol. The Kier molecular flexibility index (Phi) is 4.71. The van der Waals surface area contributed by atoms with Gasteiger partial charge in [-0.15, -0.1) is 0 Å². The van der Waals surface area contributed by atoms with Gasteiger partial charge in [0.1, 0.15) is 11.5 Å². The van der Waals surface area contributed by atoms with Crippen LogP contribution in [0.25, 0.3) is 11.3 Å². The number of nitrogens with zero attached hydrogens (tertiary/aromatic N) is 1. The van der Waals surface area contributed by atoms with E-state index < -0.39 is 0 Å². The first-order valence-corrected chi connectivity index (χ1v) is 7.76. The van der Waals surface area contributed by atoms with E-state index in [0.717, 1.165) is 21.6 Å². The van der Waals surface area contributed by atoms with E-state index in [1.807, 2.05) is 54.6 Å². The zero-order valence-electron chi connectivity index (χ0n) is 11.9. The maximum atomic E-state index is 5.76. The predicted octanol–water partition coefficient (Wildman–Crippen LogP) is 4.83. The first-order valence-electron chi connectivity index (χ1n) is 6.97. The largest absolute Gasteiger partial charge is 0.455 e. The molecule has 0 radical (unpaired) electrons. The number of nitrogens with one attached hydrogen (secondary N) is 1. The number of halogens is 1. The molecule has 1 aromatic heterocycles. The van der Waals surface area contributed by atoms with E-state index in [0.29, 0.717) is 6.54 Å². The molecule has 22 heavy (non-hydrogen) atoms. The van der Waals surface area contributed by atoms with Gasteiger partial charge in [-0.3, -0.25) is 0 Å². The molecule has 0 aliphatic carbocycles. The summed E-state index contributed by atoms with van der Waals surface area (Å²) >= 11 is 3.42. The third kappa shape index (κ3) is 3.86. The second kappa shape index (κ2) is 7.09. The molecular weight excluding hydrogens is 340 g/mol. The van der Waals surface area contributed by atoms with Crippen molar-refractivity contribution in [3.8, 4) is 11.3 Å². The second-order valence-corrected chi connectivity index (χ2v) is 5.70. The molecule has 110 valence electrons. The van der Waals surface area contributed by atoms with E-state index in [9.17, 15) is 0 Å². The van der Waals surface area contributed by atoms with Crippen molar-refractivity contribution in [2.45, 2.75) is 6.54 Å². The molecule has 0 unspecified atom stereocenters. The normalized spacial score (nSPS) is 11.0. The van der Waals surface area contributed by atoms with Crippen molar-refractivity contribution in [1.82, 2.24) is 5.43 Å². The Morgan fingerprint density at radius 1 is 0.955 bits per heavy atom. The van der Waals surface area contributed by atoms with Crippen LogP contribution in [-0.2, 0) is 6.54 Å². The van der Waals surface area contributed by atoms with Gasteiger partial charge in [0, 0.05) is 10.0 Å². The van der Waals surface area contributed by atoms with Crippen molar-refractivity contribution in [3.63, 3.8) is 0 Å². The van der Waals surface area contributed by atoms with Gasteiger partial charge in [-0.1, -0.05) is 58.4 Å². The minimum absolute atomic E-state index is 0.692. The Bertz CT molecular complexity index is 748. The minimum Gasteiger partial charge on any atom is -0.455 e. The van der Waals surface area contributed by atoms with Crippen LogP contribution in [0.2, 0.25) is 0 Å². The molecule has 0 fully saturated rings. The summed E-state index contributed by atoms with van der Waals surface area (Å²) in [5.74, 6) is 1.55. The van der Waals surface area contributed by atoms with Crippen molar-refractivity contribution < 1.29 is 4.42 Å². The van der Waals surface area contributed by atoms with Crippen molar-refractivity contribution in [1.29, 1.82) is 0 Å². The first-order chi connectivity index (χ1) is 10.8. The maximum Gasteiger partial charge on any atom is 0.147 e. The summed E-state index contributed by atoms with van der Waals surface area (Å²) in [4.78, 5) is 0. The first kappa shape index (κ1) is 14.6. The molecule has 0 saturated heterocycles. The fourth-order valence-corrected chi connectivity index (χ4v) is 2.30. The number of benzene rings is 2. The van der Waals surface area contributed by atoms with E-state index in [1.165, 1.54) is 5.56 Å². The van der Waals surface area contributed by atoms with E-state index in [2.05, 4.69) is 38.6 Å². The van der Waals surface area contributed by atoms with Gasteiger partial charge >= 0.3 is 0 Å². The lowest BCUT2D eigenvalue weighted by Gasteiger charge is -1.99. The zero-order valence-corrected chi connectivity index (χ0v) is 13.5. The molecule has 4 heteroatoms. The van der Waals surface area contributed by atoms with Gasteiger partial charge in [0.15, 0.2) is 0 Å². The lowest BCUT2D eigenvalue weighted by molar-refractivity contribution is 0.573. The highest BCUT2D eigenvalue weighted by Gasteiger charge is 2.03. The highest BCUT2D eigenvalue weighted by Crippen LogP contribution is 2.23. The molecule has 0 aliphatic rings. The Balaban J connectivity index is 1.59. The number of hydrogen-bond donors (Lipinski definition) is 1. The number of hydrazone groups is 1. The molecule has 0 amide bonds. The smallest absolute Gasteiger partial charge is 0.147 e. The molecule has 0 saturated carbocycles. The molecule has 0 aliphatic heterocycles. The fourth-order valence-electron chi connectivity index (χ4n) is 2.03. The van der Waals surface area contributed by atoms with Gasteiger partial charge in [0.25, 0.3) is 0 Å². The standard InChI is InChI=1S/C18H15BrN2O/c19-16-8-6-15(7-9-16)18-11-10-17(22-18)13-21-20-12-14-4-2-1-3-5-14/h1-11,13,20H,12H2/b21-13-. The molecule has 0 spiro atoms. The quantitative estimate of drug-likeness (QED) is 0.526. The molecule has 0 atom stereocenters. The minimum atomic E-state index is 0.692. The van der Waals surface area contributed by atoms with Gasteiger partial charge in [-0.25, -0.2) is 0 Å². The van der Waals surface area contributed by atoms with Crippen molar-refractivity contribution in [2.24, 2.45) is 5.10 Å². The number of furan rings is 1. The lowest BCUT2D eigenvalue weighted by Crippen LogP contribution is -2.04. The van der Waals surface area contributed by atoms with Crippen molar-refractivity contribution in [2.75, 3.05) is 0 Å². The Labute approximate surface area is 137 Å². The van der Waals surface area contributed by atoms with Gasteiger partial charge < -0.3 is 9.84 Å². The fraction of sp³-hybridized carbons (Fsp3) is 0.0556. The highest BCUT2D eigenvalue weighted by atomic mass is 79.9. The average Bonchev–Trinajstić information content (AvgIpc) is 3.02. The van der Waals surface area contributed by atoms with Gasteiger partial charge in [-0.2, -0.15) is 5.10 Å². The highest BCUT2D eigenvalue weighted by molar-refractivity contribution is 9.10. The topological polar surface area (TPSA) is 37.5 Å². The van der Waals surface area contributed by atoms with E-state index in [-0.39, 0.29) is 0 Å². The van der Waals surface area contributed by atoms with Crippen LogP contribution in [0.3, 0.4) is 0 Å². The molecule has 1 N–H and O–H groups in total. The Morgan fingerprint density at radius 2 is 1.73 bits per heavy atom. The van der Waals surface area contributed by atoms with Crippen LogP contribution in [0.15, 0.2) is 80.7 Å². The Morgan fingerprint density at radius 3 is 2.50 bits per heavy atom. The number of rotatable bonds is 5. The van der Waals surface area contributed by atoms with Crippen molar-refractivity contribution >= 4 is 22.1 Å². The summed E-state index contributed by atoms with van der Waals surface area (Å²) in [7, 11) is 0. The van der Waals surface area contributed by atoms with Crippen molar-refractivity contribution in [3.05, 3.63) is 82.5 Å². The van der Waals surface area contributed by atoms with E-state index in [4.69, 9.17) is 4.42 Å². The predicted molar refractivity (Wildman–Crippen MR) is 92.7 cm³/mol. The summed E-state index contributed by atoms with van der Waals surface area (Å²) in [6, 6.07) is 22.0. The summed E-state index contributed by atoms with van der Waals surface area (Å²) in [6.07, 6.45) is 1.69. The van der Waals surface area contributed by atoms with Crippen LogP contribution in [0, 0.1) is 0 Å². The summed E-state index contributed by atoms with van der Waals surface area (Å²) < 4.78 is 6.81. The Hall–Kier alpha value is -2.33. The summed E-state index contributed by atoms with van der Waals surface area (Å²) in [6.45, 7) is 0.692. The van der Waals surface area contributed by atoms with Crippen LogP contribution in [0.4, 0.5) is 0 Å². The summed E-state index contributed by atoms with van der Waals surface area (Å²) in [5, 5.41) is 4.18. The van der Waals surface area contributed by atoms with Crippen LogP contribution in [0.1, 0.15) is 11.3 Å². The zero-order chi connectivity index (χ0) is 15.2. The van der Waals surface area contributed by atoms with E-state index >= 15 is 0 Å². The molecule has 3 nitrogen and oxygen atoms in total. The third-order valence-electron chi connectivity index (χ3n) is 3.16. The molecule has 3 rings (SSSR count). The van der Waals surface area contributed by atoms with Crippen LogP contribution < -0.4 is 5.43 Å². The van der Waals surface area contributed by atoms with Crippen LogP contribution >= 0.6 is 15.9 Å². The van der Waals surface area contributed by atoms with Gasteiger partial charge in [-0.05, 0) is 29.8 Å². The third-order valence-corrected chi connectivity index (χ3v) is 3.69. The second-order valence-electron chi connectivity index (χ2n) is 4.79. The number of hydrogen-bond acceptors (Lipinski definition) is 3. The lowest BCUT2D eigenvalue weighted by atomic mass is 10.2. The van der Waals surface area contributed by atoms with Gasteiger partial charge in [0.2, 0.25) is 0 Å². The molecule has 3 aromatic rings. The van der Waals surface area contributed by atoms with Gasteiger partial charge in [0.05, 0.1) is 12.8 Å². The average molecular weight is 355 g/mol. The molecule has 1 heterocycles. The SMILES string of the molecule is Brc1ccc(-c2ccc(/C=N\NCc3ccccc3)o2)cc1. The molecule has 0 bridgehead atoms. The molecule has 2 aromatic carbocycles. The van der Waals surface area contributed by atoms with Crippen LogP contribution in [-0.4, -0.2) is 6.21 Å². The summed E-state index contributed by atoms with van der Waals surface area (Å²) in [5.41, 5.74) is 5.24. The molecular formula is C18H15BrN2O. The maximum absolute atomic E-state index is 5.76. The van der Waals surface area contributed by atoms with Crippen LogP contribution in [0.5, 0.6) is 0 Å². The van der Waals surface area contributed by atoms with E-state index in [1.54, 1.807) is 6.21 Å².